The second-order valence-electron chi connectivity index (χ2n) is 5.11. The van der Waals surface area contributed by atoms with Gasteiger partial charge in [-0.05, 0) is 45.1 Å². The minimum absolute atomic E-state index is 0.355. The van der Waals surface area contributed by atoms with Gasteiger partial charge in [0.25, 0.3) is 0 Å². The molecule has 0 amide bonds. The second kappa shape index (κ2) is 4.39. The molecule has 0 spiro atoms. The van der Waals surface area contributed by atoms with Crippen molar-refractivity contribution in [2.75, 3.05) is 5.73 Å². The van der Waals surface area contributed by atoms with E-state index >= 15 is 0 Å². The maximum Gasteiger partial charge on any atom is 0.167 e. The van der Waals surface area contributed by atoms with Gasteiger partial charge in [0.1, 0.15) is 6.33 Å². The summed E-state index contributed by atoms with van der Waals surface area (Å²) >= 11 is 1.73. The van der Waals surface area contributed by atoms with Crippen LogP contribution in [0.5, 0.6) is 0 Å². The summed E-state index contributed by atoms with van der Waals surface area (Å²) in [6.07, 6.45) is 6.63. The lowest BCUT2D eigenvalue weighted by atomic mass is 9.95. The molecule has 1 aliphatic carbocycles. The van der Waals surface area contributed by atoms with Crippen LogP contribution in [-0.2, 0) is 12.8 Å². The van der Waals surface area contributed by atoms with Gasteiger partial charge in [-0.25, -0.2) is 0 Å². The fourth-order valence-corrected chi connectivity index (χ4v) is 3.79. The SMILES string of the molecule is CC(C)n1cnnc1-c1c(N)sc2c1CCCC2. The van der Waals surface area contributed by atoms with E-state index in [1.807, 2.05) is 0 Å². The first-order valence-corrected chi connectivity index (χ1v) is 7.30. The lowest BCUT2D eigenvalue weighted by molar-refractivity contribution is 0.603. The van der Waals surface area contributed by atoms with Crippen molar-refractivity contribution in [3.05, 3.63) is 16.8 Å². The molecule has 1 aliphatic rings. The number of fused-ring (bicyclic) bond motifs is 1. The summed E-state index contributed by atoms with van der Waals surface area (Å²) in [5.74, 6) is 0.932. The maximum atomic E-state index is 6.22. The average Bonchev–Trinajstić information content (AvgIpc) is 2.91. The fourth-order valence-electron chi connectivity index (χ4n) is 2.63. The highest BCUT2D eigenvalue weighted by Gasteiger charge is 2.24. The molecule has 0 aromatic carbocycles. The third-order valence-electron chi connectivity index (χ3n) is 3.55. The Balaban J connectivity index is 2.16. The zero-order valence-electron chi connectivity index (χ0n) is 10.8. The van der Waals surface area contributed by atoms with Crippen LogP contribution in [0.3, 0.4) is 0 Å². The predicted octanol–water partition coefficient (Wildman–Crippen LogP) is 3.05. The summed E-state index contributed by atoms with van der Waals surface area (Å²) in [6.45, 7) is 4.28. The van der Waals surface area contributed by atoms with Crippen molar-refractivity contribution in [1.82, 2.24) is 14.8 Å². The zero-order chi connectivity index (χ0) is 12.7. The summed E-state index contributed by atoms with van der Waals surface area (Å²) in [5.41, 5.74) is 8.77. The largest absolute Gasteiger partial charge is 0.390 e. The van der Waals surface area contributed by atoms with E-state index in [4.69, 9.17) is 5.73 Å². The number of nitrogens with zero attached hydrogens (tertiary/aromatic N) is 3. The van der Waals surface area contributed by atoms with Crippen molar-refractivity contribution < 1.29 is 0 Å². The van der Waals surface area contributed by atoms with E-state index in [0.717, 1.165) is 22.8 Å². The van der Waals surface area contributed by atoms with Crippen LogP contribution < -0.4 is 5.73 Å². The molecular formula is C13H18N4S. The Morgan fingerprint density at radius 2 is 2.11 bits per heavy atom. The van der Waals surface area contributed by atoms with Crippen molar-refractivity contribution in [1.29, 1.82) is 0 Å². The molecule has 0 saturated heterocycles. The van der Waals surface area contributed by atoms with Gasteiger partial charge >= 0.3 is 0 Å². The highest BCUT2D eigenvalue weighted by molar-refractivity contribution is 7.16. The quantitative estimate of drug-likeness (QED) is 0.905. The lowest BCUT2D eigenvalue weighted by Crippen LogP contribution is -2.05. The van der Waals surface area contributed by atoms with Crippen molar-refractivity contribution in [3.63, 3.8) is 0 Å². The molecule has 0 atom stereocenters. The summed E-state index contributed by atoms with van der Waals surface area (Å²) in [4.78, 5) is 1.45. The minimum atomic E-state index is 0.355. The molecule has 96 valence electrons. The first-order valence-electron chi connectivity index (χ1n) is 6.48. The number of nitrogen functional groups attached to an aromatic ring is 1. The Bertz CT molecular complexity index is 568. The Labute approximate surface area is 111 Å². The third kappa shape index (κ3) is 1.73. The number of nitrogens with two attached hydrogens (primary N) is 1. The van der Waals surface area contributed by atoms with Gasteiger partial charge in [0.2, 0.25) is 0 Å². The molecule has 0 aliphatic heterocycles. The standard InChI is InChI=1S/C13H18N4S/c1-8(2)17-7-15-16-13(17)11-9-5-3-4-6-10(9)18-12(11)14/h7-8H,3-6,14H2,1-2H3. The van der Waals surface area contributed by atoms with Gasteiger partial charge in [-0.1, -0.05) is 0 Å². The number of aromatic nitrogens is 3. The molecule has 0 unspecified atom stereocenters. The van der Waals surface area contributed by atoms with Crippen LogP contribution in [0.25, 0.3) is 11.4 Å². The van der Waals surface area contributed by atoms with E-state index < -0.39 is 0 Å². The smallest absolute Gasteiger partial charge is 0.167 e. The van der Waals surface area contributed by atoms with Gasteiger partial charge in [-0.2, -0.15) is 0 Å². The molecular weight excluding hydrogens is 244 g/mol. The molecule has 0 saturated carbocycles. The van der Waals surface area contributed by atoms with Crippen molar-refractivity contribution in [2.45, 2.75) is 45.6 Å². The molecule has 3 rings (SSSR count). The Morgan fingerprint density at radius 3 is 2.89 bits per heavy atom. The number of thiophene rings is 1. The van der Waals surface area contributed by atoms with Crippen LogP contribution in [0, 0.1) is 0 Å². The number of anilines is 1. The number of aryl methyl sites for hydroxylation is 1. The Kier molecular flexibility index (Phi) is 2.86. The molecule has 2 heterocycles. The molecule has 18 heavy (non-hydrogen) atoms. The molecule has 2 aromatic rings. The van der Waals surface area contributed by atoms with Crippen molar-refractivity contribution in [3.8, 4) is 11.4 Å². The van der Waals surface area contributed by atoms with E-state index in [9.17, 15) is 0 Å². The van der Waals surface area contributed by atoms with Gasteiger partial charge < -0.3 is 10.3 Å². The monoisotopic (exact) mass is 262 g/mol. The van der Waals surface area contributed by atoms with Crippen LogP contribution in [0.2, 0.25) is 0 Å². The molecule has 4 nitrogen and oxygen atoms in total. The van der Waals surface area contributed by atoms with E-state index in [-0.39, 0.29) is 0 Å². The summed E-state index contributed by atoms with van der Waals surface area (Å²) in [5, 5.41) is 9.24. The lowest BCUT2D eigenvalue weighted by Gasteiger charge is -2.14. The number of rotatable bonds is 2. The first-order chi connectivity index (χ1) is 8.68. The number of hydrogen-bond acceptors (Lipinski definition) is 4. The highest BCUT2D eigenvalue weighted by atomic mass is 32.1. The first kappa shape index (κ1) is 11.7. The number of hydrogen-bond donors (Lipinski definition) is 1. The summed E-state index contributed by atoms with van der Waals surface area (Å²) < 4.78 is 2.10. The average molecular weight is 262 g/mol. The highest BCUT2D eigenvalue weighted by Crippen LogP contribution is 2.42. The normalized spacial score (nSPS) is 15.1. The van der Waals surface area contributed by atoms with Crippen LogP contribution in [0.4, 0.5) is 5.00 Å². The Hall–Kier alpha value is -1.36. The third-order valence-corrected chi connectivity index (χ3v) is 4.67. The van der Waals surface area contributed by atoms with Crippen molar-refractivity contribution >= 4 is 16.3 Å². The topological polar surface area (TPSA) is 56.7 Å². The fraction of sp³-hybridized carbons (Fsp3) is 0.538. The second-order valence-corrected chi connectivity index (χ2v) is 6.24. The molecule has 0 fully saturated rings. The van der Waals surface area contributed by atoms with Crippen LogP contribution in [-0.4, -0.2) is 14.8 Å². The van der Waals surface area contributed by atoms with E-state index in [2.05, 4.69) is 28.6 Å². The van der Waals surface area contributed by atoms with Crippen LogP contribution in [0.15, 0.2) is 6.33 Å². The summed E-state index contributed by atoms with van der Waals surface area (Å²) in [7, 11) is 0. The molecule has 5 heteroatoms. The summed E-state index contributed by atoms with van der Waals surface area (Å²) in [6, 6.07) is 0.355. The molecule has 2 aromatic heterocycles. The maximum absolute atomic E-state index is 6.22. The minimum Gasteiger partial charge on any atom is -0.390 e. The van der Waals surface area contributed by atoms with Gasteiger partial charge in [0, 0.05) is 10.9 Å². The predicted molar refractivity (Wildman–Crippen MR) is 74.8 cm³/mol. The van der Waals surface area contributed by atoms with Crippen LogP contribution >= 0.6 is 11.3 Å². The van der Waals surface area contributed by atoms with Gasteiger partial charge in [-0.15, -0.1) is 21.5 Å². The van der Waals surface area contributed by atoms with Gasteiger partial charge in [-0.3, -0.25) is 0 Å². The van der Waals surface area contributed by atoms with Gasteiger partial charge in [0.05, 0.1) is 10.6 Å². The molecule has 0 radical (unpaired) electrons. The molecule has 0 bridgehead atoms. The zero-order valence-corrected chi connectivity index (χ0v) is 11.6. The molecule has 2 N–H and O–H groups in total. The van der Waals surface area contributed by atoms with E-state index in [1.54, 1.807) is 17.7 Å². The van der Waals surface area contributed by atoms with Gasteiger partial charge in [0.15, 0.2) is 5.82 Å². The van der Waals surface area contributed by atoms with Crippen LogP contribution in [0.1, 0.15) is 43.2 Å². The van der Waals surface area contributed by atoms with E-state index in [1.165, 1.54) is 29.7 Å². The van der Waals surface area contributed by atoms with Crippen molar-refractivity contribution in [2.24, 2.45) is 0 Å². The Morgan fingerprint density at radius 1 is 1.33 bits per heavy atom. The van der Waals surface area contributed by atoms with E-state index in [0.29, 0.717) is 6.04 Å².